The molecule has 0 saturated heterocycles. The summed E-state index contributed by atoms with van der Waals surface area (Å²) in [7, 11) is 1.59. The first kappa shape index (κ1) is 15.0. The van der Waals surface area contributed by atoms with Crippen LogP contribution in [0.15, 0.2) is 10.5 Å². The molecule has 0 amide bonds. The fourth-order valence-corrected chi connectivity index (χ4v) is 2.50. The first-order valence-corrected chi connectivity index (χ1v) is 6.48. The third-order valence-electron chi connectivity index (χ3n) is 3.03. The van der Waals surface area contributed by atoms with Crippen molar-refractivity contribution in [2.75, 3.05) is 7.11 Å². The number of methoxy groups -OCH3 is 1. The van der Waals surface area contributed by atoms with Gasteiger partial charge in [-0.3, -0.25) is 4.79 Å². The summed E-state index contributed by atoms with van der Waals surface area (Å²) >= 11 is 3.49. The fourth-order valence-electron chi connectivity index (χ4n) is 1.79. The summed E-state index contributed by atoms with van der Waals surface area (Å²) in [6.45, 7) is 3.99. The Morgan fingerprint density at radius 3 is 2.67 bits per heavy atom. The molecule has 0 heterocycles. The first-order chi connectivity index (χ1) is 8.38. The molecule has 1 unspecified atom stereocenters. The van der Waals surface area contributed by atoms with Crippen molar-refractivity contribution in [1.82, 2.24) is 0 Å². The zero-order chi connectivity index (χ0) is 13.9. The highest BCUT2D eigenvalue weighted by Crippen LogP contribution is 2.37. The van der Waals surface area contributed by atoms with Gasteiger partial charge in [0.1, 0.15) is 5.75 Å². The summed E-state index contributed by atoms with van der Waals surface area (Å²) in [5, 5.41) is 8.69. The number of carboxylic acids is 1. The molecule has 100 valence electrons. The molecule has 5 heteroatoms. The molecule has 0 aromatic heterocycles. The number of hydrogen-bond donors (Lipinski definition) is 2. The summed E-state index contributed by atoms with van der Waals surface area (Å²) in [5.41, 5.74) is 9.08. The number of benzene rings is 1. The van der Waals surface area contributed by atoms with Gasteiger partial charge < -0.3 is 15.6 Å². The summed E-state index contributed by atoms with van der Waals surface area (Å²) < 4.78 is 6.25. The average molecular weight is 316 g/mol. The number of halogens is 1. The van der Waals surface area contributed by atoms with Crippen molar-refractivity contribution in [3.8, 4) is 5.75 Å². The molecule has 0 aliphatic rings. The number of aryl methyl sites for hydroxylation is 1. The molecule has 4 nitrogen and oxygen atoms in total. The van der Waals surface area contributed by atoms with E-state index in [2.05, 4.69) is 15.9 Å². The van der Waals surface area contributed by atoms with Crippen LogP contribution in [0.2, 0.25) is 0 Å². The van der Waals surface area contributed by atoms with Gasteiger partial charge >= 0.3 is 5.97 Å². The Hall–Kier alpha value is -1.07. The Bertz CT molecular complexity index is 460. The monoisotopic (exact) mass is 315 g/mol. The Labute approximate surface area is 115 Å². The molecule has 1 aromatic rings. The summed E-state index contributed by atoms with van der Waals surface area (Å²) in [4.78, 5) is 10.6. The van der Waals surface area contributed by atoms with Gasteiger partial charge in [-0.05, 0) is 47.3 Å². The van der Waals surface area contributed by atoms with Crippen LogP contribution in [0.25, 0.3) is 0 Å². The van der Waals surface area contributed by atoms with Crippen LogP contribution in [-0.2, 0) is 4.79 Å². The number of hydrogen-bond acceptors (Lipinski definition) is 3. The maximum atomic E-state index is 10.6. The number of aliphatic carboxylic acids is 1. The molecule has 0 spiro atoms. The number of ether oxygens (including phenoxy) is 1. The standard InChI is InChI=1S/C13H18BrNO3/c1-7-6-9(10(15)4-5-11(16)17)13(18-3)12(14)8(7)2/h6,10H,4-5,15H2,1-3H3,(H,16,17). The van der Waals surface area contributed by atoms with Crippen LogP contribution in [0, 0.1) is 13.8 Å². The van der Waals surface area contributed by atoms with Gasteiger partial charge in [0.05, 0.1) is 11.6 Å². The van der Waals surface area contributed by atoms with Gasteiger partial charge in [-0.25, -0.2) is 0 Å². The van der Waals surface area contributed by atoms with E-state index in [0.29, 0.717) is 12.2 Å². The van der Waals surface area contributed by atoms with Crippen LogP contribution in [0.4, 0.5) is 0 Å². The van der Waals surface area contributed by atoms with Crippen LogP contribution in [0.3, 0.4) is 0 Å². The molecular formula is C13H18BrNO3. The van der Waals surface area contributed by atoms with Gasteiger partial charge in [-0.1, -0.05) is 6.07 Å². The zero-order valence-corrected chi connectivity index (χ0v) is 12.4. The molecule has 0 aliphatic carbocycles. The smallest absolute Gasteiger partial charge is 0.303 e. The molecule has 3 N–H and O–H groups in total. The van der Waals surface area contributed by atoms with Crippen molar-refractivity contribution < 1.29 is 14.6 Å². The second-order valence-corrected chi connectivity index (χ2v) is 5.09. The van der Waals surface area contributed by atoms with E-state index in [0.717, 1.165) is 21.2 Å². The van der Waals surface area contributed by atoms with Gasteiger partial charge in [0.15, 0.2) is 0 Å². The second kappa shape index (κ2) is 6.20. The van der Waals surface area contributed by atoms with E-state index in [9.17, 15) is 4.79 Å². The number of nitrogens with two attached hydrogens (primary N) is 1. The summed E-state index contributed by atoms with van der Waals surface area (Å²) in [6.07, 6.45) is 0.440. The van der Waals surface area contributed by atoms with Crippen molar-refractivity contribution in [3.05, 3.63) is 27.2 Å². The minimum absolute atomic E-state index is 0.0505. The molecule has 1 rings (SSSR count). The van der Waals surface area contributed by atoms with E-state index in [1.165, 1.54) is 0 Å². The first-order valence-electron chi connectivity index (χ1n) is 5.69. The van der Waals surface area contributed by atoms with Crippen LogP contribution in [-0.4, -0.2) is 18.2 Å². The van der Waals surface area contributed by atoms with Gasteiger partial charge in [-0.15, -0.1) is 0 Å². The maximum Gasteiger partial charge on any atom is 0.303 e. The third-order valence-corrected chi connectivity index (χ3v) is 3.98. The average Bonchev–Trinajstić information content (AvgIpc) is 2.32. The van der Waals surface area contributed by atoms with Crippen molar-refractivity contribution in [1.29, 1.82) is 0 Å². The fraction of sp³-hybridized carbons (Fsp3) is 0.462. The highest BCUT2D eigenvalue weighted by Gasteiger charge is 2.18. The second-order valence-electron chi connectivity index (χ2n) is 4.29. The van der Waals surface area contributed by atoms with Crippen molar-refractivity contribution >= 4 is 21.9 Å². The topological polar surface area (TPSA) is 72.5 Å². The van der Waals surface area contributed by atoms with Crippen LogP contribution >= 0.6 is 15.9 Å². The van der Waals surface area contributed by atoms with E-state index in [-0.39, 0.29) is 12.5 Å². The lowest BCUT2D eigenvalue weighted by Crippen LogP contribution is -2.14. The zero-order valence-electron chi connectivity index (χ0n) is 10.8. The lowest BCUT2D eigenvalue weighted by Gasteiger charge is -2.19. The predicted molar refractivity (Wildman–Crippen MR) is 74.0 cm³/mol. The van der Waals surface area contributed by atoms with E-state index in [1.54, 1.807) is 7.11 Å². The van der Waals surface area contributed by atoms with Crippen molar-refractivity contribution in [2.45, 2.75) is 32.7 Å². The molecule has 0 aliphatic heterocycles. The van der Waals surface area contributed by atoms with Gasteiger partial charge in [0, 0.05) is 18.0 Å². The van der Waals surface area contributed by atoms with E-state index in [4.69, 9.17) is 15.6 Å². The highest BCUT2D eigenvalue weighted by atomic mass is 79.9. The SMILES string of the molecule is COc1c(C(N)CCC(=O)O)cc(C)c(C)c1Br. The van der Waals surface area contributed by atoms with Gasteiger partial charge in [0.25, 0.3) is 0 Å². The largest absolute Gasteiger partial charge is 0.495 e. The Morgan fingerprint density at radius 2 is 2.17 bits per heavy atom. The normalized spacial score (nSPS) is 12.3. The number of carbonyl (C=O) groups is 1. The molecule has 18 heavy (non-hydrogen) atoms. The Morgan fingerprint density at radius 1 is 1.56 bits per heavy atom. The quantitative estimate of drug-likeness (QED) is 0.876. The minimum Gasteiger partial charge on any atom is -0.495 e. The maximum absolute atomic E-state index is 10.6. The molecule has 1 aromatic carbocycles. The summed E-state index contributed by atoms with van der Waals surface area (Å²) in [5.74, 6) is -0.150. The van der Waals surface area contributed by atoms with Gasteiger partial charge in [-0.2, -0.15) is 0 Å². The van der Waals surface area contributed by atoms with E-state index >= 15 is 0 Å². The molecule has 1 atom stereocenters. The van der Waals surface area contributed by atoms with Crippen molar-refractivity contribution in [2.24, 2.45) is 5.73 Å². The van der Waals surface area contributed by atoms with Crippen LogP contribution in [0.1, 0.15) is 35.6 Å². The Balaban J connectivity index is 3.11. The van der Waals surface area contributed by atoms with Crippen molar-refractivity contribution in [3.63, 3.8) is 0 Å². The van der Waals surface area contributed by atoms with E-state index in [1.807, 2.05) is 19.9 Å². The molecular weight excluding hydrogens is 298 g/mol. The number of carboxylic acid groups (broad SMARTS) is 1. The predicted octanol–water partition coefficient (Wildman–Crippen LogP) is 2.94. The van der Waals surface area contributed by atoms with Crippen LogP contribution in [0.5, 0.6) is 5.75 Å². The highest BCUT2D eigenvalue weighted by molar-refractivity contribution is 9.10. The van der Waals surface area contributed by atoms with E-state index < -0.39 is 5.97 Å². The lowest BCUT2D eigenvalue weighted by molar-refractivity contribution is -0.137. The minimum atomic E-state index is -0.840. The Kier molecular flexibility index (Phi) is 5.16. The molecule has 0 saturated carbocycles. The lowest BCUT2D eigenvalue weighted by atomic mass is 9.97. The molecule has 0 fully saturated rings. The van der Waals surface area contributed by atoms with Crippen LogP contribution < -0.4 is 10.5 Å². The number of rotatable bonds is 5. The summed E-state index contributed by atoms with van der Waals surface area (Å²) in [6, 6.07) is 1.62. The van der Waals surface area contributed by atoms with Gasteiger partial charge in [0.2, 0.25) is 0 Å². The third kappa shape index (κ3) is 3.23. The molecule has 0 bridgehead atoms. The molecule has 0 radical (unpaired) electrons.